The second-order valence-electron chi connectivity index (χ2n) is 5.01. The van der Waals surface area contributed by atoms with Gasteiger partial charge in [-0.05, 0) is 53.4 Å². The molecule has 0 radical (unpaired) electrons. The van der Waals surface area contributed by atoms with E-state index in [1.807, 2.05) is 0 Å². The van der Waals surface area contributed by atoms with Gasteiger partial charge in [-0.2, -0.15) is 0 Å². The number of carbonyl (C=O) groups is 2. The van der Waals surface area contributed by atoms with Gasteiger partial charge in [-0.1, -0.05) is 6.42 Å². The Balaban J connectivity index is 2.02. The van der Waals surface area contributed by atoms with Crippen molar-refractivity contribution in [2.75, 3.05) is 5.32 Å². The number of anilines is 1. The largest absolute Gasteiger partial charge is 0.481 e. The molecule has 2 rings (SSSR count). The fourth-order valence-electron chi connectivity index (χ4n) is 2.48. The normalized spacial score (nSPS) is 22.3. The van der Waals surface area contributed by atoms with Crippen LogP contribution in [-0.4, -0.2) is 17.0 Å². The molecule has 1 aliphatic rings. The summed E-state index contributed by atoms with van der Waals surface area (Å²) in [7, 11) is 0. The number of carboxylic acids is 1. The van der Waals surface area contributed by atoms with Gasteiger partial charge >= 0.3 is 5.97 Å². The molecule has 1 aromatic carbocycles. The van der Waals surface area contributed by atoms with E-state index in [4.69, 9.17) is 5.11 Å². The average molecular weight is 344 g/mol. The fraction of sp³-hybridized carbons (Fsp3) is 0.429. The SMILES string of the molecule is O=C(O)C1CCCC(C(=O)Nc2ccc(F)cc2Br)C1. The van der Waals surface area contributed by atoms with E-state index in [1.165, 1.54) is 18.2 Å². The van der Waals surface area contributed by atoms with E-state index in [9.17, 15) is 14.0 Å². The minimum Gasteiger partial charge on any atom is -0.481 e. The third-order valence-electron chi connectivity index (χ3n) is 3.58. The zero-order valence-electron chi connectivity index (χ0n) is 10.7. The minimum absolute atomic E-state index is 0.205. The van der Waals surface area contributed by atoms with Gasteiger partial charge in [0.05, 0.1) is 11.6 Å². The lowest BCUT2D eigenvalue weighted by Gasteiger charge is -2.25. The van der Waals surface area contributed by atoms with Crippen molar-refractivity contribution in [3.8, 4) is 0 Å². The molecule has 2 atom stereocenters. The lowest BCUT2D eigenvalue weighted by atomic mass is 9.81. The number of benzene rings is 1. The fourth-order valence-corrected chi connectivity index (χ4v) is 2.93. The molecule has 0 aliphatic heterocycles. The Labute approximate surface area is 124 Å². The third-order valence-corrected chi connectivity index (χ3v) is 4.24. The van der Waals surface area contributed by atoms with E-state index >= 15 is 0 Å². The molecule has 0 saturated heterocycles. The Hall–Kier alpha value is -1.43. The van der Waals surface area contributed by atoms with Crippen molar-refractivity contribution in [3.63, 3.8) is 0 Å². The Morgan fingerprint density at radius 2 is 2.00 bits per heavy atom. The molecule has 0 bridgehead atoms. The van der Waals surface area contributed by atoms with Gasteiger partial charge in [-0.3, -0.25) is 9.59 Å². The van der Waals surface area contributed by atoms with E-state index in [2.05, 4.69) is 21.2 Å². The maximum atomic E-state index is 13.0. The predicted molar refractivity (Wildman–Crippen MR) is 75.8 cm³/mol. The molecule has 0 spiro atoms. The Bertz CT molecular complexity index is 535. The van der Waals surface area contributed by atoms with Crippen LogP contribution in [0.2, 0.25) is 0 Å². The van der Waals surface area contributed by atoms with Gasteiger partial charge in [0.2, 0.25) is 5.91 Å². The molecule has 0 aromatic heterocycles. The molecule has 2 N–H and O–H groups in total. The molecule has 108 valence electrons. The first-order valence-corrected chi connectivity index (χ1v) is 7.25. The Morgan fingerprint density at radius 1 is 1.30 bits per heavy atom. The molecular weight excluding hydrogens is 329 g/mol. The summed E-state index contributed by atoms with van der Waals surface area (Å²) >= 11 is 3.19. The van der Waals surface area contributed by atoms with Crippen molar-refractivity contribution < 1.29 is 19.1 Å². The van der Waals surface area contributed by atoms with Crippen molar-refractivity contribution in [1.29, 1.82) is 0 Å². The van der Waals surface area contributed by atoms with Crippen LogP contribution in [0, 0.1) is 17.7 Å². The van der Waals surface area contributed by atoms with Crippen molar-refractivity contribution in [1.82, 2.24) is 0 Å². The van der Waals surface area contributed by atoms with Gasteiger partial charge in [0.15, 0.2) is 0 Å². The van der Waals surface area contributed by atoms with Crippen LogP contribution in [0.3, 0.4) is 0 Å². The first-order chi connectivity index (χ1) is 9.47. The van der Waals surface area contributed by atoms with Crippen LogP contribution in [0.5, 0.6) is 0 Å². The number of rotatable bonds is 3. The van der Waals surface area contributed by atoms with E-state index in [0.29, 0.717) is 29.4 Å². The zero-order chi connectivity index (χ0) is 14.7. The lowest BCUT2D eigenvalue weighted by Crippen LogP contribution is -2.31. The van der Waals surface area contributed by atoms with E-state index in [1.54, 1.807) is 0 Å². The van der Waals surface area contributed by atoms with Crippen LogP contribution in [0.4, 0.5) is 10.1 Å². The average Bonchev–Trinajstić information content (AvgIpc) is 2.42. The molecule has 0 heterocycles. The molecular formula is C14H15BrFNO3. The maximum absolute atomic E-state index is 13.0. The molecule has 1 aliphatic carbocycles. The smallest absolute Gasteiger partial charge is 0.306 e. The molecule has 4 nitrogen and oxygen atoms in total. The van der Waals surface area contributed by atoms with Crippen molar-refractivity contribution in [2.24, 2.45) is 11.8 Å². The highest BCUT2D eigenvalue weighted by Crippen LogP contribution is 2.31. The van der Waals surface area contributed by atoms with Gasteiger partial charge in [-0.15, -0.1) is 0 Å². The van der Waals surface area contributed by atoms with Gasteiger partial charge in [0.25, 0.3) is 0 Å². The quantitative estimate of drug-likeness (QED) is 0.883. The number of hydrogen-bond acceptors (Lipinski definition) is 2. The van der Waals surface area contributed by atoms with E-state index in [-0.39, 0.29) is 11.8 Å². The number of carboxylic acid groups (broad SMARTS) is 1. The summed E-state index contributed by atoms with van der Waals surface area (Å²) in [6.45, 7) is 0. The highest BCUT2D eigenvalue weighted by atomic mass is 79.9. The summed E-state index contributed by atoms with van der Waals surface area (Å²) in [4.78, 5) is 23.1. The summed E-state index contributed by atoms with van der Waals surface area (Å²) in [6, 6.07) is 4.02. The van der Waals surface area contributed by atoms with Crippen molar-refractivity contribution in [2.45, 2.75) is 25.7 Å². The number of amides is 1. The molecule has 2 unspecified atom stereocenters. The van der Waals surface area contributed by atoms with Crippen LogP contribution in [0.25, 0.3) is 0 Å². The van der Waals surface area contributed by atoms with Gasteiger partial charge in [0, 0.05) is 10.4 Å². The van der Waals surface area contributed by atoms with Crippen LogP contribution >= 0.6 is 15.9 Å². The first-order valence-electron chi connectivity index (χ1n) is 6.46. The van der Waals surface area contributed by atoms with Crippen LogP contribution < -0.4 is 5.32 Å². The Kier molecular flexibility index (Phi) is 4.75. The van der Waals surface area contributed by atoms with Crippen LogP contribution in [-0.2, 0) is 9.59 Å². The van der Waals surface area contributed by atoms with Gasteiger partial charge in [0.1, 0.15) is 5.82 Å². The minimum atomic E-state index is -0.842. The Morgan fingerprint density at radius 3 is 2.65 bits per heavy atom. The summed E-state index contributed by atoms with van der Waals surface area (Å²) in [5.41, 5.74) is 0.494. The lowest BCUT2D eigenvalue weighted by molar-refractivity contribution is -0.143. The molecule has 6 heteroatoms. The molecule has 20 heavy (non-hydrogen) atoms. The van der Waals surface area contributed by atoms with Gasteiger partial charge in [-0.25, -0.2) is 4.39 Å². The standard InChI is InChI=1S/C14H15BrFNO3/c15-11-7-10(16)4-5-12(11)17-13(18)8-2-1-3-9(6-8)14(19)20/h4-5,7-9H,1-3,6H2,(H,17,18)(H,19,20). The topological polar surface area (TPSA) is 66.4 Å². The van der Waals surface area contributed by atoms with Crippen LogP contribution in [0.15, 0.2) is 22.7 Å². The number of aliphatic carboxylic acids is 1. The second-order valence-corrected chi connectivity index (χ2v) is 5.87. The van der Waals surface area contributed by atoms with E-state index < -0.39 is 17.7 Å². The number of hydrogen-bond donors (Lipinski definition) is 2. The predicted octanol–water partition coefficient (Wildman–Crippen LogP) is 3.42. The number of halogens is 2. The summed E-state index contributed by atoms with van der Waals surface area (Å²) in [6.07, 6.45) is 2.41. The van der Waals surface area contributed by atoms with Crippen LogP contribution in [0.1, 0.15) is 25.7 Å². The summed E-state index contributed by atoms with van der Waals surface area (Å²) in [5, 5.41) is 11.7. The molecule has 1 amide bonds. The van der Waals surface area contributed by atoms with Crippen molar-refractivity contribution in [3.05, 3.63) is 28.5 Å². The third kappa shape index (κ3) is 3.56. The molecule has 1 aromatic rings. The number of carbonyl (C=O) groups excluding carboxylic acids is 1. The zero-order valence-corrected chi connectivity index (χ0v) is 12.3. The highest BCUT2D eigenvalue weighted by Gasteiger charge is 2.31. The summed E-state index contributed by atoms with van der Waals surface area (Å²) in [5.74, 6) is -2.19. The molecule has 1 fully saturated rings. The molecule has 1 saturated carbocycles. The number of nitrogens with one attached hydrogen (secondary N) is 1. The highest BCUT2D eigenvalue weighted by molar-refractivity contribution is 9.10. The van der Waals surface area contributed by atoms with Gasteiger partial charge < -0.3 is 10.4 Å². The van der Waals surface area contributed by atoms with Crippen molar-refractivity contribution >= 4 is 33.5 Å². The summed E-state index contributed by atoms with van der Waals surface area (Å²) < 4.78 is 13.4. The van der Waals surface area contributed by atoms with E-state index in [0.717, 1.165) is 6.42 Å². The monoisotopic (exact) mass is 343 g/mol. The first kappa shape index (κ1) is 15.0. The second kappa shape index (κ2) is 6.35. The maximum Gasteiger partial charge on any atom is 0.306 e.